The summed E-state index contributed by atoms with van der Waals surface area (Å²) in [6.45, 7) is 13.1. The maximum Gasteiger partial charge on any atom is 0.0956 e. The molecule has 0 heterocycles. The first kappa shape index (κ1) is 33.2. The summed E-state index contributed by atoms with van der Waals surface area (Å²) in [5.41, 5.74) is 10.7. The lowest BCUT2D eigenvalue weighted by Crippen LogP contribution is -2.33. The van der Waals surface area contributed by atoms with Crippen molar-refractivity contribution in [2.45, 2.75) is 117 Å². The zero-order valence-corrected chi connectivity index (χ0v) is 27.9. The van der Waals surface area contributed by atoms with Gasteiger partial charge in [0.05, 0.1) is 6.04 Å². The minimum Gasteiger partial charge on any atom is -0.331 e. The first-order valence-corrected chi connectivity index (χ1v) is 17.1. The highest BCUT2D eigenvalue weighted by Gasteiger charge is 2.26. The van der Waals surface area contributed by atoms with Crippen LogP contribution >= 0.6 is 0 Å². The summed E-state index contributed by atoms with van der Waals surface area (Å²) in [7, 11) is 0. The SMILES string of the molecule is C=C/C=C(\C=C/CCCCC)N(C1=CC=C(C)CC1)C1C#CC=C(N(C2=CC=C(C)CC2)c2ccc(CCCC)cc2)CC1. The van der Waals surface area contributed by atoms with E-state index in [1.54, 1.807) is 0 Å². The molecule has 1 atom stereocenters. The molecule has 0 radical (unpaired) electrons. The van der Waals surface area contributed by atoms with E-state index in [0.717, 1.165) is 51.4 Å². The molecule has 2 nitrogen and oxygen atoms in total. The maximum atomic E-state index is 4.08. The van der Waals surface area contributed by atoms with E-state index in [9.17, 15) is 0 Å². The fourth-order valence-corrected chi connectivity index (χ4v) is 6.18. The van der Waals surface area contributed by atoms with Gasteiger partial charge in [-0.15, -0.1) is 0 Å². The summed E-state index contributed by atoms with van der Waals surface area (Å²) < 4.78 is 0. The number of anilines is 1. The number of aryl methyl sites for hydroxylation is 1. The average molecular weight is 587 g/mol. The zero-order valence-electron chi connectivity index (χ0n) is 27.9. The zero-order chi connectivity index (χ0) is 31.1. The Kier molecular flexibility index (Phi) is 13.2. The van der Waals surface area contributed by atoms with Crippen molar-refractivity contribution >= 4 is 5.69 Å². The Morgan fingerprint density at radius 2 is 1.55 bits per heavy atom. The molecule has 0 bridgehead atoms. The lowest BCUT2D eigenvalue weighted by atomic mass is 9.98. The van der Waals surface area contributed by atoms with Crippen LogP contribution in [0.15, 0.2) is 119 Å². The molecule has 0 aliphatic heterocycles. The first-order valence-electron chi connectivity index (χ1n) is 17.1. The molecule has 3 aliphatic rings. The lowest BCUT2D eigenvalue weighted by molar-refractivity contribution is 0.351. The molecule has 0 spiro atoms. The third-order valence-electron chi connectivity index (χ3n) is 8.87. The van der Waals surface area contributed by atoms with Gasteiger partial charge in [-0.05, 0) is 120 Å². The van der Waals surface area contributed by atoms with E-state index in [2.05, 4.69) is 129 Å². The van der Waals surface area contributed by atoms with Crippen molar-refractivity contribution in [1.29, 1.82) is 0 Å². The molecule has 0 aromatic heterocycles. The maximum absolute atomic E-state index is 4.08. The lowest BCUT2D eigenvalue weighted by Gasteiger charge is -2.36. The van der Waals surface area contributed by atoms with Gasteiger partial charge in [-0.25, -0.2) is 0 Å². The van der Waals surface area contributed by atoms with E-state index in [4.69, 9.17) is 0 Å². The molecular weight excluding hydrogens is 532 g/mol. The largest absolute Gasteiger partial charge is 0.331 e. The van der Waals surface area contributed by atoms with E-state index >= 15 is 0 Å². The van der Waals surface area contributed by atoms with Crippen molar-refractivity contribution in [2.75, 3.05) is 4.90 Å². The summed E-state index contributed by atoms with van der Waals surface area (Å²) in [5, 5.41) is 0. The molecule has 0 amide bonds. The van der Waals surface area contributed by atoms with Crippen molar-refractivity contribution in [3.63, 3.8) is 0 Å². The third kappa shape index (κ3) is 9.40. The number of unbranched alkanes of at least 4 members (excludes halogenated alkanes) is 4. The number of benzene rings is 1. The minimum atomic E-state index is 0.0917. The van der Waals surface area contributed by atoms with Crippen LogP contribution < -0.4 is 4.90 Å². The van der Waals surface area contributed by atoms with Crippen LogP contribution in [-0.2, 0) is 6.42 Å². The van der Waals surface area contributed by atoms with Crippen LogP contribution in [0.1, 0.15) is 110 Å². The first-order chi connectivity index (χ1) is 21.5. The third-order valence-corrected chi connectivity index (χ3v) is 8.87. The molecule has 4 rings (SSSR count). The highest BCUT2D eigenvalue weighted by molar-refractivity contribution is 5.61. The number of nitrogens with zero attached hydrogens (tertiary/aromatic N) is 2. The van der Waals surface area contributed by atoms with Gasteiger partial charge in [0.15, 0.2) is 0 Å². The smallest absolute Gasteiger partial charge is 0.0956 e. The van der Waals surface area contributed by atoms with Gasteiger partial charge < -0.3 is 9.80 Å². The van der Waals surface area contributed by atoms with E-state index in [0.29, 0.717) is 0 Å². The molecule has 1 aromatic carbocycles. The van der Waals surface area contributed by atoms with Crippen LogP contribution in [0.25, 0.3) is 0 Å². The summed E-state index contributed by atoms with van der Waals surface area (Å²) in [5.74, 6) is 7.23. The molecule has 0 N–H and O–H groups in total. The van der Waals surface area contributed by atoms with Crippen molar-refractivity contribution in [3.8, 4) is 11.8 Å². The number of hydrogen-bond acceptors (Lipinski definition) is 2. The Balaban J connectivity index is 1.64. The Morgan fingerprint density at radius 3 is 2.18 bits per heavy atom. The molecular formula is C42H54N2. The predicted molar refractivity (Wildman–Crippen MR) is 192 cm³/mol. The molecule has 232 valence electrons. The van der Waals surface area contributed by atoms with Gasteiger partial charge in [-0.3, -0.25) is 0 Å². The van der Waals surface area contributed by atoms with Gasteiger partial charge in [-0.2, -0.15) is 0 Å². The van der Waals surface area contributed by atoms with Gasteiger partial charge in [0.25, 0.3) is 0 Å². The molecule has 2 heteroatoms. The van der Waals surface area contributed by atoms with Gasteiger partial charge in [0.1, 0.15) is 0 Å². The highest BCUT2D eigenvalue weighted by atomic mass is 15.2. The topological polar surface area (TPSA) is 6.48 Å². The van der Waals surface area contributed by atoms with E-state index in [1.165, 1.54) is 77.3 Å². The highest BCUT2D eigenvalue weighted by Crippen LogP contribution is 2.35. The van der Waals surface area contributed by atoms with Crippen LogP contribution in [0.2, 0.25) is 0 Å². The van der Waals surface area contributed by atoms with Crippen LogP contribution in [-0.4, -0.2) is 10.9 Å². The monoisotopic (exact) mass is 586 g/mol. The second-order valence-electron chi connectivity index (χ2n) is 12.5. The fourth-order valence-electron chi connectivity index (χ4n) is 6.18. The van der Waals surface area contributed by atoms with Gasteiger partial charge >= 0.3 is 0 Å². The molecule has 0 fully saturated rings. The minimum absolute atomic E-state index is 0.0917. The second kappa shape index (κ2) is 17.6. The van der Waals surface area contributed by atoms with Crippen LogP contribution in [0.4, 0.5) is 5.69 Å². The van der Waals surface area contributed by atoms with Crippen molar-refractivity contribution < 1.29 is 0 Å². The summed E-state index contributed by atoms with van der Waals surface area (Å²) in [6, 6.07) is 9.36. The second-order valence-corrected chi connectivity index (χ2v) is 12.5. The molecule has 0 saturated carbocycles. The molecule has 3 aliphatic carbocycles. The molecule has 1 aromatic rings. The standard InChI is InChI=1S/C42H54N2/c1-6-9-11-12-13-17-37(15-8-3)43(40-26-20-34(4)21-27-40)38-18-14-19-39(33-32-38)44(41-28-22-35(5)23-29-41)42-30-24-36(25-31-42)16-10-7-2/h8,13,15,17,19-20,22,24-26,28,30-31,38H,3,6-7,9-12,16,21,23,27,29,32-33H2,1-2,4-5H3/b17-13-,37-15+. The molecule has 1 unspecified atom stereocenters. The van der Waals surface area contributed by atoms with Crippen LogP contribution in [0, 0.1) is 11.8 Å². The van der Waals surface area contributed by atoms with Gasteiger partial charge in [-0.1, -0.05) is 99.1 Å². The Bertz CT molecular complexity index is 1390. The summed E-state index contributed by atoms with van der Waals surface area (Å²) in [4.78, 5) is 5.00. The number of rotatable bonds is 15. The Morgan fingerprint density at radius 1 is 0.841 bits per heavy atom. The van der Waals surface area contributed by atoms with E-state index < -0.39 is 0 Å². The average Bonchev–Trinajstić information content (AvgIpc) is 3.28. The summed E-state index contributed by atoms with van der Waals surface area (Å²) in [6.07, 6.45) is 34.8. The van der Waals surface area contributed by atoms with Crippen LogP contribution in [0.3, 0.4) is 0 Å². The van der Waals surface area contributed by atoms with Crippen molar-refractivity contribution in [1.82, 2.24) is 4.90 Å². The normalized spacial score (nSPS) is 18.7. The Hall–Kier alpha value is -3.70. The fraction of sp³-hybridized carbons (Fsp3) is 0.429. The number of hydrogen-bond donors (Lipinski definition) is 0. The molecule has 0 saturated heterocycles. The van der Waals surface area contributed by atoms with Crippen molar-refractivity contribution in [3.05, 3.63) is 125 Å². The quantitative estimate of drug-likeness (QED) is 0.115. The van der Waals surface area contributed by atoms with Gasteiger partial charge in [0.2, 0.25) is 0 Å². The number of allylic oxidation sites excluding steroid dienone is 14. The molecule has 44 heavy (non-hydrogen) atoms. The van der Waals surface area contributed by atoms with Gasteiger partial charge in [0, 0.05) is 34.6 Å². The summed E-state index contributed by atoms with van der Waals surface area (Å²) >= 11 is 0. The Labute approximate surface area is 269 Å². The predicted octanol–water partition coefficient (Wildman–Crippen LogP) is 11.6. The van der Waals surface area contributed by atoms with E-state index in [1.807, 2.05) is 6.08 Å². The van der Waals surface area contributed by atoms with Crippen LogP contribution in [0.5, 0.6) is 0 Å². The van der Waals surface area contributed by atoms with E-state index in [-0.39, 0.29) is 6.04 Å². The van der Waals surface area contributed by atoms with Crippen molar-refractivity contribution in [2.24, 2.45) is 0 Å².